The number of ether oxygens (including phenoxy) is 2. The van der Waals surface area contributed by atoms with Crippen LogP contribution in [-0.4, -0.2) is 63.9 Å². The molecule has 0 bridgehead atoms. The van der Waals surface area contributed by atoms with Crippen molar-refractivity contribution in [2.75, 3.05) is 40.4 Å². The van der Waals surface area contributed by atoms with E-state index in [1.54, 1.807) is 37.3 Å². The van der Waals surface area contributed by atoms with Gasteiger partial charge < -0.3 is 14.4 Å². The molecule has 1 saturated heterocycles. The summed E-state index contributed by atoms with van der Waals surface area (Å²) in [6.07, 6.45) is 0.226. The normalized spacial score (nSPS) is 15.1. The molecule has 2 aromatic carbocycles. The van der Waals surface area contributed by atoms with Crippen molar-refractivity contribution in [1.82, 2.24) is 9.21 Å². The van der Waals surface area contributed by atoms with Gasteiger partial charge in [-0.3, -0.25) is 4.79 Å². The zero-order chi connectivity index (χ0) is 21.9. The molecule has 0 atom stereocenters. The van der Waals surface area contributed by atoms with Crippen LogP contribution in [0.1, 0.15) is 16.7 Å². The lowest BCUT2D eigenvalue weighted by Gasteiger charge is -2.34. The number of amides is 1. The SMILES string of the molecule is COc1ccc(CC(=O)N2CCN(S(=O)(=O)c3ccc(C)cc3C)CC2)cc1OC. The fraction of sp³-hybridized carbons (Fsp3) is 0.409. The van der Waals surface area contributed by atoms with E-state index < -0.39 is 10.0 Å². The minimum atomic E-state index is -3.57. The Morgan fingerprint density at radius 1 is 0.933 bits per heavy atom. The Kier molecular flexibility index (Phi) is 6.67. The maximum absolute atomic E-state index is 13.0. The van der Waals surface area contributed by atoms with Gasteiger partial charge in [0.1, 0.15) is 0 Å². The Labute approximate surface area is 178 Å². The van der Waals surface area contributed by atoms with Crippen LogP contribution in [0.3, 0.4) is 0 Å². The van der Waals surface area contributed by atoms with Crippen LogP contribution in [0.25, 0.3) is 0 Å². The number of methoxy groups -OCH3 is 2. The van der Waals surface area contributed by atoms with Crippen molar-refractivity contribution in [1.29, 1.82) is 0 Å². The summed E-state index contributed by atoms with van der Waals surface area (Å²) in [5.41, 5.74) is 2.59. The monoisotopic (exact) mass is 432 g/mol. The van der Waals surface area contributed by atoms with Gasteiger partial charge in [-0.05, 0) is 43.2 Å². The molecule has 1 aliphatic rings. The number of piperazine rings is 1. The van der Waals surface area contributed by atoms with Crippen molar-refractivity contribution in [3.05, 3.63) is 53.1 Å². The summed E-state index contributed by atoms with van der Waals surface area (Å²) in [6, 6.07) is 10.7. The van der Waals surface area contributed by atoms with Gasteiger partial charge >= 0.3 is 0 Å². The number of hydrogen-bond acceptors (Lipinski definition) is 5. The van der Waals surface area contributed by atoms with Crippen LogP contribution in [0.4, 0.5) is 0 Å². The van der Waals surface area contributed by atoms with Crippen LogP contribution in [0.15, 0.2) is 41.3 Å². The number of rotatable bonds is 6. The van der Waals surface area contributed by atoms with Gasteiger partial charge in [0, 0.05) is 26.2 Å². The first kappa shape index (κ1) is 22.1. The third-order valence-corrected chi connectivity index (χ3v) is 7.40. The molecule has 1 fully saturated rings. The predicted molar refractivity (Wildman–Crippen MR) is 115 cm³/mol. The predicted octanol–water partition coefficient (Wildman–Crippen LogP) is 2.40. The third-order valence-electron chi connectivity index (χ3n) is 5.34. The summed E-state index contributed by atoms with van der Waals surface area (Å²) < 4.78 is 38.0. The molecule has 1 heterocycles. The lowest BCUT2D eigenvalue weighted by molar-refractivity contribution is -0.131. The molecule has 0 radical (unpaired) electrons. The van der Waals surface area contributed by atoms with Crippen LogP contribution in [0.2, 0.25) is 0 Å². The highest BCUT2D eigenvalue weighted by Crippen LogP contribution is 2.28. The number of sulfonamides is 1. The fourth-order valence-corrected chi connectivity index (χ4v) is 5.31. The summed E-state index contributed by atoms with van der Waals surface area (Å²) in [7, 11) is -0.451. The van der Waals surface area contributed by atoms with E-state index in [1.807, 2.05) is 32.0 Å². The van der Waals surface area contributed by atoms with E-state index in [2.05, 4.69) is 0 Å². The molecule has 2 aromatic rings. The van der Waals surface area contributed by atoms with Crippen molar-refractivity contribution in [2.45, 2.75) is 25.2 Å². The first-order chi connectivity index (χ1) is 14.3. The highest BCUT2D eigenvalue weighted by atomic mass is 32.2. The van der Waals surface area contributed by atoms with Crippen molar-refractivity contribution in [3.63, 3.8) is 0 Å². The molecule has 0 N–H and O–H groups in total. The van der Waals surface area contributed by atoms with Crippen molar-refractivity contribution < 1.29 is 22.7 Å². The molecule has 0 unspecified atom stereocenters. The van der Waals surface area contributed by atoms with Crippen LogP contribution < -0.4 is 9.47 Å². The largest absolute Gasteiger partial charge is 0.493 e. The van der Waals surface area contributed by atoms with Crippen molar-refractivity contribution in [3.8, 4) is 11.5 Å². The maximum Gasteiger partial charge on any atom is 0.243 e. The molecular weight excluding hydrogens is 404 g/mol. The number of hydrogen-bond donors (Lipinski definition) is 0. The molecule has 1 amide bonds. The zero-order valence-electron chi connectivity index (χ0n) is 17.8. The molecule has 0 spiro atoms. The van der Waals surface area contributed by atoms with E-state index in [-0.39, 0.29) is 25.4 Å². The van der Waals surface area contributed by atoms with Gasteiger partial charge in [0.25, 0.3) is 0 Å². The van der Waals surface area contributed by atoms with Gasteiger partial charge in [0.15, 0.2) is 11.5 Å². The summed E-state index contributed by atoms with van der Waals surface area (Å²) in [5.74, 6) is 1.15. The Balaban J connectivity index is 1.64. The second-order valence-corrected chi connectivity index (χ2v) is 9.33. The number of aryl methyl sites for hydroxylation is 2. The van der Waals surface area contributed by atoms with E-state index in [1.165, 1.54) is 4.31 Å². The quantitative estimate of drug-likeness (QED) is 0.701. The average molecular weight is 433 g/mol. The minimum absolute atomic E-state index is 0.0363. The third kappa shape index (κ3) is 4.60. The van der Waals surface area contributed by atoms with Crippen LogP contribution in [-0.2, 0) is 21.2 Å². The molecule has 0 saturated carbocycles. The molecule has 30 heavy (non-hydrogen) atoms. The summed E-state index contributed by atoms with van der Waals surface area (Å²) in [6.45, 7) is 5.06. The number of carbonyl (C=O) groups excluding carboxylic acids is 1. The molecule has 3 rings (SSSR count). The summed E-state index contributed by atoms with van der Waals surface area (Å²) in [4.78, 5) is 14.8. The Bertz CT molecular complexity index is 1030. The summed E-state index contributed by atoms with van der Waals surface area (Å²) in [5, 5.41) is 0. The van der Waals surface area contributed by atoms with Crippen LogP contribution in [0.5, 0.6) is 11.5 Å². The molecule has 1 aliphatic heterocycles. The molecule has 0 aromatic heterocycles. The Morgan fingerprint density at radius 2 is 1.60 bits per heavy atom. The van der Waals surface area contributed by atoms with Gasteiger partial charge in [-0.15, -0.1) is 0 Å². The van der Waals surface area contributed by atoms with E-state index >= 15 is 0 Å². The molecule has 162 valence electrons. The first-order valence-electron chi connectivity index (χ1n) is 9.82. The van der Waals surface area contributed by atoms with E-state index in [4.69, 9.17) is 9.47 Å². The second-order valence-electron chi connectivity index (χ2n) is 7.42. The standard InChI is InChI=1S/C22H28N2O5S/c1-16-5-8-21(17(2)13-16)30(26,27)24-11-9-23(10-12-24)22(25)15-18-6-7-19(28-3)20(14-18)29-4/h5-8,13-14H,9-12,15H2,1-4H3. The highest BCUT2D eigenvalue weighted by molar-refractivity contribution is 7.89. The van der Waals surface area contributed by atoms with E-state index in [0.717, 1.165) is 16.7 Å². The average Bonchev–Trinajstić information content (AvgIpc) is 2.73. The van der Waals surface area contributed by atoms with Gasteiger partial charge in [0.05, 0.1) is 25.5 Å². The summed E-state index contributed by atoms with van der Waals surface area (Å²) >= 11 is 0. The van der Waals surface area contributed by atoms with Gasteiger partial charge in [0.2, 0.25) is 15.9 Å². The van der Waals surface area contributed by atoms with Crippen LogP contribution >= 0.6 is 0 Å². The number of nitrogens with zero attached hydrogens (tertiary/aromatic N) is 2. The minimum Gasteiger partial charge on any atom is -0.493 e. The van der Waals surface area contributed by atoms with Gasteiger partial charge in [-0.2, -0.15) is 4.31 Å². The lowest BCUT2D eigenvalue weighted by atomic mass is 10.1. The Morgan fingerprint density at radius 3 is 2.20 bits per heavy atom. The number of carbonyl (C=O) groups is 1. The molecule has 7 nitrogen and oxygen atoms in total. The maximum atomic E-state index is 13.0. The topological polar surface area (TPSA) is 76.2 Å². The molecular formula is C22H28N2O5S. The molecule has 0 aliphatic carbocycles. The highest BCUT2D eigenvalue weighted by Gasteiger charge is 2.31. The van der Waals surface area contributed by atoms with E-state index in [9.17, 15) is 13.2 Å². The molecule has 8 heteroatoms. The van der Waals surface area contributed by atoms with Gasteiger partial charge in [-0.25, -0.2) is 8.42 Å². The number of benzene rings is 2. The smallest absolute Gasteiger partial charge is 0.243 e. The second kappa shape index (κ2) is 9.06. The van der Waals surface area contributed by atoms with Crippen molar-refractivity contribution in [2.24, 2.45) is 0 Å². The lowest BCUT2D eigenvalue weighted by Crippen LogP contribution is -2.50. The zero-order valence-corrected chi connectivity index (χ0v) is 18.7. The fourth-order valence-electron chi connectivity index (χ4n) is 3.68. The first-order valence-corrected chi connectivity index (χ1v) is 11.3. The van der Waals surface area contributed by atoms with Crippen molar-refractivity contribution >= 4 is 15.9 Å². The van der Waals surface area contributed by atoms with Gasteiger partial charge in [-0.1, -0.05) is 23.8 Å². The van der Waals surface area contributed by atoms with Crippen LogP contribution in [0, 0.1) is 13.8 Å². The van der Waals surface area contributed by atoms with E-state index in [0.29, 0.717) is 29.5 Å². The Hall–Kier alpha value is -2.58.